The molecule has 0 saturated carbocycles. The molecule has 1 heterocycles. The molecule has 7 nitrogen and oxygen atoms in total. The number of carbonyl (C=O) groups is 2. The van der Waals surface area contributed by atoms with Crippen molar-refractivity contribution >= 4 is 11.9 Å². The zero-order valence-corrected chi connectivity index (χ0v) is 39.9. The van der Waals surface area contributed by atoms with Crippen molar-refractivity contribution in [3.05, 3.63) is 0 Å². The summed E-state index contributed by atoms with van der Waals surface area (Å²) in [5.41, 5.74) is 0. The highest BCUT2D eigenvalue weighted by atomic mass is 16.7. The Hall–Kier alpha value is -1.18. The van der Waals surface area contributed by atoms with Crippen LogP contribution in [0.15, 0.2) is 0 Å². The van der Waals surface area contributed by atoms with Crippen LogP contribution >= 0.6 is 0 Å². The van der Waals surface area contributed by atoms with Crippen molar-refractivity contribution < 1.29 is 28.5 Å². The van der Waals surface area contributed by atoms with Crippen LogP contribution in [0, 0.1) is 11.8 Å². The van der Waals surface area contributed by atoms with E-state index in [4.69, 9.17) is 18.9 Å². The van der Waals surface area contributed by atoms with Gasteiger partial charge in [0.15, 0.2) is 5.79 Å². The Kier molecular flexibility index (Phi) is 35.5. The average molecular weight is 822 g/mol. The normalized spacial score (nSPS) is 15.4. The van der Waals surface area contributed by atoms with Crippen molar-refractivity contribution in [1.29, 1.82) is 0 Å². The third-order valence-electron chi connectivity index (χ3n) is 12.8. The number of hydrogen-bond donors (Lipinski definition) is 0. The lowest BCUT2D eigenvalue weighted by molar-refractivity contribution is -0.180. The molecule has 1 fully saturated rings. The first-order valence-electron chi connectivity index (χ1n) is 25.5. The van der Waals surface area contributed by atoms with Crippen LogP contribution in [0.1, 0.15) is 253 Å². The van der Waals surface area contributed by atoms with Crippen molar-refractivity contribution in [3.8, 4) is 0 Å². The molecule has 0 spiro atoms. The van der Waals surface area contributed by atoms with E-state index in [1.807, 2.05) is 0 Å². The van der Waals surface area contributed by atoms with Crippen molar-refractivity contribution in [3.63, 3.8) is 0 Å². The lowest BCUT2D eigenvalue weighted by Crippen LogP contribution is -2.33. The third kappa shape index (κ3) is 29.9. The first-order valence-corrected chi connectivity index (χ1v) is 25.5. The highest BCUT2D eigenvalue weighted by molar-refractivity contribution is 5.70. The monoisotopic (exact) mass is 822 g/mol. The van der Waals surface area contributed by atoms with Gasteiger partial charge in [-0.05, 0) is 90.5 Å². The number of hydrogen-bond acceptors (Lipinski definition) is 7. The molecule has 344 valence electrons. The van der Waals surface area contributed by atoms with E-state index in [1.54, 1.807) is 0 Å². The molecule has 7 heteroatoms. The van der Waals surface area contributed by atoms with Gasteiger partial charge in [-0.1, -0.05) is 156 Å². The van der Waals surface area contributed by atoms with E-state index in [2.05, 4.69) is 53.5 Å². The van der Waals surface area contributed by atoms with Gasteiger partial charge in [-0.25, -0.2) is 0 Å². The quantitative estimate of drug-likeness (QED) is 0.0448. The summed E-state index contributed by atoms with van der Waals surface area (Å²) in [6.07, 6.45) is 37.9. The molecular weight excluding hydrogens is 723 g/mol. The molecule has 58 heavy (non-hydrogen) atoms. The minimum Gasteiger partial charge on any atom is -0.466 e. The Balaban J connectivity index is 2.26. The Morgan fingerprint density at radius 2 is 0.931 bits per heavy atom. The van der Waals surface area contributed by atoms with Crippen LogP contribution in [0.5, 0.6) is 0 Å². The van der Waals surface area contributed by atoms with E-state index in [1.165, 1.54) is 128 Å². The standard InChI is InChI=1S/C51H99NO6/c1-8-12-32-46(33-13-9-2)42-49(53)55-40-30-26-22-18-16-20-24-28-37-51(57-44-48(58-51)36-39-52(7)45(5)6)38-29-25-21-17-19-23-27-31-41-56-50(54)43-47(34-14-10-3)35-15-11-4/h45-48H,8-44H2,1-7H3. The van der Waals surface area contributed by atoms with Crippen molar-refractivity contribution in [2.45, 2.75) is 271 Å². The van der Waals surface area contributed by atoms with Crippen molar-refractivity contribution in [2.24, 2.45) is 11.8 Å². The van der Waals surface area contributed by atoms with Crippen LogP contribution in [0.25, 0.3) is 0 Å². The lowest BCUT2D eigenvalue weighted by atomic mass is 9.93. The summed E-state index contributed by atoms with van der Waals surface area (Å²) in [4.78, 5) is 27.2. The van der Waals surface area contributed by atoms with Gasteiger partial charge in [0, 0.05) is 38.3 Å². The van der Waals surface area contributed by atoms with Crippen LogP contribution in [0.3, 0.4) is 0 Å². The molecule has 1 unspecified atom stereocenters. The van der Waals surface area contributed by atoms with E-state index in [0.29, 0.717) is 43.9 Å². The fraction of sp³-hybridized carbons (Fsp3) is 0.961. The fourth-order valence-electron chi connectivity index (χ4n) is 8.50. The summed E-state index contributed by atoms with van der Waals surface area (Å²) in [5, 5.41) is 0. The number of unbranched alkanes of at least 4 members (excludes halogenated alkanes) is 18. The number of nitrogens with zero attached hydrogens (tertiary/aromatic N) is 1. The van der Waals surface area contributed by atoms with Gasteiger partial charge < -0.3 is 23.8 Å². The fourth-order valence-corrected chi connectivity index (χ4v) is 8.50. The molecule has 1 rings (SSSR count). The number of rotatable bonds is 42. The van der Waals surface area contributed by atoms with Crippen LogP contribution in [-0.2, 0) is 28.5 Å². The highest BCUT2D eigenvalue weighted by Crippen LogP contribution is 2.36. The second kappa shape index (κ2) is 37.6. The minimum atomic E-state index is -0.395. The largest absolute Gasteiger partial charge is 0.466 e. The molecule has 0 aromatic carbocycles. The molecule has 1 saturated heterocycles. The van der Waals surface area contributed by atoms with E-state index in [9.17, 15) is 9.59 Å². The molecule has 0 radical (unpaired) electrons. The molecule has 1 aliphatic rings. The molecule has 1 atom stereocenters. The van der Waals surface area contributed by atoms with Gasteiger partial charge in [-0.2, -0.15) is 0 Å². The maximum Gasteiger partial charge on any atom is 0.306 e. The van der Waals surface area contributed by atoms with Gasteiger partial charge >= 0.3 is 11.9 Å². The zero-order valence-electron chi connectivity index (χ0n) is 39.9. The minimum absolute atomic E-state index is 0.0159. The maximum atomic E-state index is 12.4. The van der Waals surface area contributed by atoms with Crippen molar-refractivity contribution in [2.75, 3.05) is 33.4 Å². The topological polar surface area (TPSA) is 74.3 Å². The molecule has 0 N–H and O–H groups in total. The molecule has 1 aliphatic heterocycles. The van der Waals surface area contributed by atoms with E-state index >= 15 is 0 Å². The summed E-state index contributed by atoms with van der Waals surface area (Å²) in [6, 6.07) is 0.545. The number of carbonyl (C=O) groups excluding carboxylic acids is 2. The predicted molar refractivity (Wildman–Crippen MR) is 245 cm³/mol. The summed E-state index contributed by atoms with van der Waals surface area (Å²) < 4.78 is 24.5. The lowest BCUT2D eigenvalue weighted by Gasteiger charge is -2.29. The van der Waals surface area contributed by atoms with Crippen LogP contribution in [-0.4, -0.2) is 68.2 Å². The smallest absolute Gasteiger partial charge is 0.306 e. The number of esters is 2. The van der Waals surface area contributed by atoms with E-state index in [-0.39, 0.29) is 18.0 Å². The highest BCUT2D eigenvalue weighted by Gasteiger charge is 2.40. The summed E-state index contributed by atoms with van der Waals surface area (Å²) in [7, 11) is 2.20. The Morgan fingerprint density at radius 3 is 1.29 bits per heavy atom. The van der Waals surface area contributed by atoms with Gasteiger partial charge in [0.2, 0.25) is 0 Å². The maximum absolute atomic E-state index is 12.4. The van der Waals surface area contributed by atoms with E-state index < -0.39 is 5.79 Å². The average Bonchev–Trinajstić information content (AvgIpc) is 3.62. The summed E-state index contributed by atoms with van der Waals surface area (Å²) in [5.74, 6) is 0.644. The molecule has 0 amide bonds. The zero-order chi connectivity index (χ0) is 42.5. The van der Waals surface area contributed by atoms with E-state index in [0.717, 1.165) is 83.8 Å². The van der Waals surface area contributed by atoms with Gasteiger partial charge in [0.05, 0.1) is 25.9 Å². The molecule has 0 bridgehead atoms. The van der Waals surface area contributed by atoms with Crippen LogP contribution in [0.4, 0.5) is 0 Å². The first kappa shape index (κ1) is 54.8. The van der Waals surface area contributed by atoms with Crippen LogP contribution < -0.4 is 0 Å². The molecule has 0 aromatic rings. The van der Waals surface area contributed by atoms with Gasteiger partial charge in [-0.15, -0.1) is 0 Å². The first-order chi connectivity index (χ1) is 28.2. The predicted octanol–water partition coefficient (Wildman–Crippen LogP) is 14.7. The van der Waals surface area contributed by atoms with Crippen molar-refractivity contribution in [1.82, 2.24) is 4.90 Å². The molecule has 0 aliphatic carbocycles. The molecule has 0 aromatic heterocycles. The Bertz CT molecular complexity index is 870. The Morgan fingerprint density at radius 1 is 0.569 bits per heavy atom. The second-order valence-corrected chi connectivity index (χ2v) is 18.6. The van der Waals surface area contributed by atoms with Gasteiger partial charge in [0.25, 0.3) is 0 Å². The summed E-state index contributed by atoms with van der Waals surface area (Å²) in [6.45, 7) is 16.4. The van der Waals surface area contributed by atoms with Crippen LogP contribution in [0.2, 0.25) is 0 Å². The third-order valence-corrected chi connectivity index (χ3v) is 12.8. The summed E-state index contributed by atoms with van der Waals surface area (Å²) >= 11 is 0. The van der Waals surface area contributed by atoms with Gasteiger partial charge in [0.1, 0.15) is 0 Å². The van der Waals surface area contributed by atoms with Gasteiger partial charge in [-0.3, -0.25) is 9.59 Å². The Labute approximate surface area is 361 Å². The number of ether oxygens (including phenoxy) is 4. The second-order valence-electron chi connectivity index (χ2n) is 18.6. The SMILES string of the molecule is CCCCC(CCCC)CC(=O)OCCCCCCCCCCC1(CCCCCCCCCCOC(=O)CC(CCCC)CCCC)OCC(CCN(C)C(C)C)O1. The molecular formula is C51H99NO6.